The van der Waals surface area contributed by atoms with Crippen molar-refractivity contribution in [2.24, 2.45) is 0 Å². The summed E-state index contributed by atoms with van der Waals surface area (Å²) >= 11 is 0. The van der Waals surface area contributed by atoms with E-state index in [1.807, 2.05) is 18.2 Å². The second-order valence-electron chi connectivity index (χ2n) is 3.50. The van der Waals surface area contributed by atoms with Crippen molar-refractivity contribution in [2.75, 3.05) is 20.2 Å². The molecule has 0 amide bonds. The van der Waals surface area contributed by atoms with Gasteiger partial charge in [-0.3, -0.25) is 0 Å². The average Bonchev–Trinajstić information content (AvgIpc) is 2.29. The summed E-state index contributed by atoms with van der Waals surface area (Å²) in [5, 5.41) is 3.24. The van der Waals surface area contributed by atoms with Crippen molar-refractivity contribution >= 4 is 6.08 Å². The summed E-state index contributed by atoms with van der Waals surface area (Å²) in [6.45, 7) is 3.93. The van der Waals surface area contributed by atoms with E-state index in [2.05, 4.69) is 12.2 Å². The number of benzene rings is 1. The fraction of sp³-hybridized carbons (Fsp3) is 0.385. The minimum absolute atomic E-state index is 0.279. The molecule has 16 heavy (non-hydrogen) atoms. The normalized spacial score (nSPS) is 10.9. The van der Waals surface area contributed by atoms with Crippen molar-refractivity contribution < 1.29 is 9.13 Å². The van der Waals surface area contributed by atoms with Gasteiger partial charge in [-0.2, -0.15) is 0 Å². The van der Waals surface area contributed by atoms with Crippen molar-refractivity contribution in [3.8, 4) is 5.75 Å². The van der Waals surface area contributed by atoms with Crippen LogP contribution in [0.4, 0.5) is 4.39 Å². The highest BCUT2D eigenvalue weighted by Gasteiger charge is 2.00. The molecule has 0 saturated carbocycles. The molecule has 0 bridgehead atoms. The van der Waals surface area contributed by atoms with Gasteiger partial charge in [-0.1, -0.05) is 25.1 Å². The lowest BCUT2D eigenvalue weighted by Gasteiger charge is -2.02. The van der Waals surface area contributed by atoms with E-state index in [0.29, 0.717) is 0 Å². The van der Waals surface area contributed by atoms with Gasteiger partial charge in [0.25, 0.3) is 0 Å². The minimum Gasteiger partial charge on any atom is -0.494 e. The van der Waals surface area contributed by atoms with E-state index in [4.69, 9.17) is 4.74 Å². The highest BCUT2D eigenvalue weighted by molar-refractivity contribution is 5.51. The summed E-state index contributed by atoms with van der Waals surface area (Å²) in [6.07, 6.45) is 4.99. The Kier molecular flexibility index (Phi) is 5.57. The van der Waals surface area contributed by atoms with Crippen LogP contribution in [0.5, 0.6) is 5.75 Å². The highest BCUT2D eigenvalue weighted by Crippen LogP contribution is 2.18. The van der Waals surface area contributed by atoms with E-state index < -0.39 is 0 Å². The van der Waals surface area contributed by atoms with Crippen LogP contribution >= 0.6 is 0 Å². The Hall–Kier alpha value is -1.35. The Balaban J connectivity index is 2.51. The van der Waals surface area contributed by atoms with Crippen LogP contribution in [0.15, 0.2) is 24.3 Å². The number of nitrogens with one attached hydrogen (secondary N) is 1. The molecule has 0 saturated heterocycles. The lowest BCUT2D eigenvalue weighted by molar-refractivity contribution is 0.386. The number of ether oxygens (including phenoxy) is 1. The first kappa shape index (κ1) is 12.7. The predicted molar refractivity (Wildman–Crippen MR) is 65.1 cm³/mol. The third kappa shape index (κ3) is 4.03. The van der Waals surface area contributed by atoms with Crippen LogP contribution < -0.4 is 10.1 Å². The van der Waals surface area contributed by atoms with Crippen LogP contribution in [-0.2, 0) is 0 Å². The summed E-state index contributed by atoms with van der Waals surface area (Å²) in [5.74, 6) is -0.0487. The quantitative estimate of drug-likeness (QED) is 0.749. The molecule has 3 heteroatoms. The predicted octanol–water partition coefficient (Wildman–Crippen LogP) is 2.85. The van der Waals surface area contributed by atoms with Crippen LogP contribution in [-0.4, -0.2) is 20.2 Å². The molecule has 0 unspecified atom stereocenters. The third-order valence-electron chi connectivity index (χ3n) is 2.18. The monoisotopic (exact) mass is 223 g/mol. The Morgan fingerprint density at radius 1 is 1.44 bits per heavy atom. The van der Waals surface area contributed by atoms with Crippen LogP contribution in [0.3, 0.4) is 0 Å². The fourth-order valence-electron chi connectivity index (χ4n) is 1.34. The van der Waals surface area contributed by atoms with Gasteiger partial charge in [0.05, 0.1) is 7.11 Å². The maximum absolute atomic E-state index is 13.3. The van der Waals surface area contributed by atoms with Crippen LogP contribution in [0.1, 0.15) is 18.9 Å². The van der Waals surface area contributed by atoms with Gasteiger partial charge < -0.3 is 10.1 Å². The third-order valence-corrected chi connectivity index (χ3v) is 2.18. The molecular formula is C13H18FNO. The van der Waals surface area contributed by atoms with Crippen LogP contribution in [0.25, 0.3) is 6.08 Å². The second-order valence-corrected chi connectivity index (χ2v) is 3.50. The number of hydrogen-bond acceptors (Lipinski definition) is 2. The van der Waals surface area contributed by atoms with Crippen molar-refractivity contribution in [3.63, 3.8) is 0 Å². The fourth-order valence-corrected chi connectivity index (χ4v) is 1.34. The lowest BCUT2D eigenvalue weighted by atomic mass is 10.2. The maximum atomic E-state index is 13.3. The van der Waals surface area contributed by atoms with E-state index >= 15 is 0 Å². The number of rotatable bonds is 6. The Morgan fingerprint density at radius 3 is 2.88 bits per heavy atom. The van der Waals surface area contributed by atoms with Gasteiger partial charge in [-0.25, -0.2) is 4.39 Å². The Bertz CT molecular complexity index is 350. The van der Waals surface area contributed by atoms with E-state index in [9.17, 15) is 4.39 Å². The molecule has 0 fully saturated rings. The molecule has 1 rings (SSSR count). The summed E-state index contributed by atoms with van der Waals surface area (Å²) < 4.78 is 18.2. The summed E-state index contributed by atoms with van der Waals surface area (Å²) in [6, 6.07) is 4.93. The standard InChI is InChI=1S/C13H18FNO/c1-3-8-15-9-4-5-11-6-7-13(16-2)12(14)10-11/h4-7,10,15H,3,8-9H2,1-2H3. The molecule has 0 spiro atoms. The molecular weight excluding hydrogens is 205 g/mol. The van der Waals surface area contributed by atoms with E-state index in [1.165, 1.54) is 13.2 Å². The summed E-state index contributed by atoms with van der Waals surface area (Å²) in [4.78, 5) is 0. The molecule has 0 radical (unpaired) electrons. The maximum Gasteiger partial charge on any atom is 0.165 e. The number of halogens is 1. The minimum atomic E-state index is -0.328. The zero-order valence-corrected chi connectivity index (χ0v) is 9.79. The Morgan fingerprint density at radius 2 is 2.25 bits per heavy atom. The van der Waals surface area contributed by atoms with Gasteiger partial charge in [0.2, 0.25) is 0 Å². The highest BCUT2D eigenvalue weighted by atomic mass is 19.1. The van der Waals surface area contributed by atoms with Gasteiger partial charge >= 0.3 is 0 Å². The van der Waals surface area contributed by atoms with E-state index in [0.717, 1.165) is 25.1 Å². The van der Waals surface area contributed by atoms with Gasteiger partial charge in [-0.05, 0) is 30.7 Å². The number of hydrogen-bond donors (Lipinski definition) is 1. The second kappa shape index (κ2) is 7.01. The molecule has 88 valence electrons. The zero-order valence-electron chi connectivity index (χ0n) is 9.79. The van der Waals surface area contributed by atoms with Crippen LogP contribution in [0.2, 0.25) is 0 Å². The van der Waals surface area contributed by atoms with E-state index in [1.54, 1.807) is 6.07 Å². The smallest absolute Gasteiger partial charge is 0.165 e. The van der Waals surface area contributed by atoms with Crippen molar-refractivity contribution in [1.29, 1.82) is 0 Å². The molecule has 0 heterocycles. The first-order chi connectivity index (χ1) is 7.77. The topological polar surface area (TPSA) is 21.3 Å². The largest absolute Gasteiger partial charge is 0.494 e. The molecule has 0 aliphatic carbocycles. The molecule has 1 aromatic carbocycles. The number of methoxy groups -OCH3 is 1. The Labute approximate surface area is 96.1 Å². The SMILES string of the molecule is CCCNCC=Cc1ccc(OC)c(F)c1. The van der Waals surface area contributed by atoms with Crippen molar-refractivity contribution in [2.45, 2.75) is 13.3 Å². The average molecular weight is 223 g/mol. The first-order valence-electron chi connectivity index (χ1n) is 5.48. The lowest BCUT2D eigenvalue weighted by Crippen LogP contribution is -2.13. The zero-order chi connectivity index (χ0) is 11.8. The molecule has 1 N–H and O–H groups in total. The van der Waals surface area contributed by atoms with Crippen LogP contribution in [0, 0.1) is 5.82 Å². The van der Waals surface area contributed by atoms with Gasteiger partial charge in [-0.15, -0.1) is 0 Å². The van der Waals surface area contributed by atoms with E-state index in [-0.39, 0.29) is 11.6 Å². The summed E-state index contributed by atoms with van der Waals surface area (Å²) in [5.41, 5.74) is 0.844. The summed E-state index contributed by atoms with van der Waals surface area (Å²) in [7, 11) is 1.46. The molecule has 0 aliphatic rings. The van der Waals surface area contributed by atoms with Crippen molar-refractivity contribution in [3.05, 3.63) is 35.7 Å². The van der Waals surface area contributed by atoms with Gasteiger partial charge in [0.1, 0.15) is 0 Å². The van der Waals surface area contributed by atoms with Gasteiger partial charge in [0, 0.05) is 6.54 Å². The molecule has 1 aromatic rings. The molecule has 2 nitrogen and oxygen atoms in total. The molecule has 0 aliphatic heterocycles. The van der Waals surface area contributed by atoms with Crippen molar-refractivity contribution in [1.82, 2.24) is 5.32 Å². The van der Waals surface area contributed by atoms with Gasteiger partial charge in [0.15, 0.2) is 11.6 Å². The first-order valence-corrected chi connectivity index (χ1v) is 5.48. The molecule has 0 atom stereocenters. The molecule has 0 aromatic heterocycles.